The molecule has 0 atom stereocenters. The Labute approximate surface area is 99.6 Å². The van der Waals surface area contributed by atoms with E-state index in [4.69, 9.17) is 4.74 Å². The summed E-state index contributed by atoms with van der Waals surface area (Å²) >= 11 is 0. The minimum Gasteiger partial charge on any atom is -0.461 e. The first-order valence-electron chi connectivity index (χ1n) is 6.02. The van der Waals surface area contributed by atoms with E-state index in [9.17, 15) is 4.79 Å². The molecule has 0 aliphatic heterocycles. The number of carbonyl (C=O) groups excluding carboxylic acids is 1. The Morgan fingerprint density at radius 1 is 1.06 bits per heavy atom. The molecule has 1 aromatic rings. The Morgan fingerprint density at radius 2 is 1.56 bits per heavy atom. The van der Waals surface area contributed by atoms with Crippen molar-refractivity contribution in [1.82, 2.24) is 0 Å². The summed E-state index contributed by atoms with van der Waals surface area (Å²) < 4.78 is 4.94. The molecule has 92 valence electrons. The highest BCUT2D eigenvalue weighted by molar-refractivity contribution is 5.68. The van der Waals surface area contributed by atoms with Gasteiger partial charge >= 0.3 is 5.97 Å². The maximum Gasteiger partial charge on any atom is 0.305 e. The van der Waals surface area contributed by atoms with Gasteiger partial charge in [-0.25, -0.2) is 0 Å². The van der Waals surface area contributed by atoms with Crippen molar-refractivity contribution in [3.8, 4) is 0 Å². The molecule has 0 aliphatic carbocycles. The van der Waals surface area contributed by atoms with Gasteiger partial charge in [0.15, 0.2) is 0 Å². The first kappa shape index (κ1) is 17.1. The zero-order chi connectivity index (χ0) is 12.8. The third kappa shape index (κ3) is 9.25. The molecule has 2 heteroatoms. The number of hydrogen-bond donors (Lipinski definition) is 0. The molecule has 1 rings (SSSR count). The SMILES string of the molecule is CC.CC.CCC(=O)OCc1ccccc1. The van der Waals surface area contributed by atoms with Crippen molar-refractivity contribution in [2.45, 2.75) is 47.6 Å². The van der Waals surface area contributed by atoms with Gasteiger partial charge < -0.3 is 4.74 Å². The van der Waals surface area contributed by atoms with Gasteiger partial charge in [0.2, 0.25) is 0 Å². The van der Waals surface area contributed by atoms with Crippen molar-refractivity contribution in [3.63, 3.8) is 0 Å². The largest absolute Gasteiger partial charge is 0.461 e. The Kier molecular flexibility index (Phi) is 14.6. The fourth-order valence-electron chi connectivity index (χ4n) is 0.840. The zero-order valence-electron chi connectivity index (χ0n) is 11.1. The minimum atomic E-state index is -0.154. The van der Waals surface area contributed by atoms with Gasteiger partial charge in [0, 0.05) is 6.42 Å². The lowest BCUT2D eigenvalue weighted by Gasteiger charge is -2.01. The van der Waals surface area contributed by atoms with Crippen LogP contribution in [0.1, 0.15) is 46.6 Å². The second kappa shape index (κ2) is 13.7. The lowest BCUT2D eigenvalue weighted by atomic mass is 10.2. The molecule has 16 heavy (non-hydrogen) atoms. The van der Waals surface area contributed by atoms with Crippen LogP contribution in [0.15, 0.2) is 30.3 Å². The average Bonchev–Trinajstić information content (AvgIpc) is 2.41. The Bertz CT molecular complexity index is 242. The standard InChI is InChI=1S/C10H12O2.2C2H6/c1-2-10(11)12-8-9-6-4-3-5-7-9;2*1-2/h3-7H,2,8H2,1H3;2*1-2H3. The van der Waals surface area contributed by atoms with Gasteiger partial charge in [-0.2, -0.15) is 0 Å². The van der Waals surface area contributed by atoms with Crippen LogP contribution in [-0.2, 0) is 16.1 Å². The number of ether oxygens (including phenoxy) is 1. The van der Waals surface area contributed by atoms with E-state index in [1.807, 2.05) is 58.0 Å². The molecule has 0 saturated carbocycles. The highest BCUT2D eigenvalue weighted by Gasteiger charge is 1.97. The fourth-order valence-corrected chi connectivity index (χ4v) is 0.840. The molecule has 0 heterocycles. The topological polar surface area (TPSA) is 26.3 Å². The summed E-state index contributed by atoms with van der Waals surface area (Å²) in [6.45, 7) is 10.2. The lowest BCUT2D eigenvalue weighted by molar-refractivity contribution is -0.144. The van der Waals surface area contributed by atoms with Gasteiger partial charge in [0.05, 0.1) is 0 Å². The molecule has 0 unspecified atom stereocenters. The maximum absolute atomic E-state index is 10.8. The number of esters is 1. The summed E-state index contributed by atoms with van der Waals surface area (Å²) in [6.07, 6.45) is 0.437. The van der Waals surface area contributed by atoms with Crippen molar-refractivity contribution in [1.29, 1.82) is 0 Å². The van der Waals surface area contributed by atoms with E-state index in [1.165, 1.54) is 0 Å². The summed E-state index contributed by atoms with van der Waals surface area (Å²) in [5, 5.41) is 0. The highest BCUT2D eigenvalue weighted by atomic mass is 16.5. The summed E-state index contributed by atoms with van der Waals surface area (Å²) in [6, 6.07) is 9.65. The van der Waals surface area contributed by atoms with Crippen LogP contribution in [0.4, 0.5) is 0 Å². The molecule has 0 aromatic heterocycles. The van der Waals surface area contributed by atoms with Crippen molar-refractivity contribution < 1.29 is 9.53 Å². The average molecular weight is 224 g/mol. The smallest absolute Gasteiger partial charge is 0.305 e. The third-order valence-electron chi connectivity index (χ3n) is 1.53. The molecule has 0 fully saturated rings. The van der Waals surface area contributed by atoms with E-state index >= 15 is 0 Å². The number of benzene rings is 1. The monoisotopic (exact) mass is 224 g/mol. The van der Waals surface area contributed by atoms with Crippen LogP contribution in [0.2, 0.25) is 0 Å². The van der Waals surface area contributed by atoms with Gasteiger partial charge in [0.1, 0.15) is 6.61 Å². The molecular formula is C14H24O2. The minimum absolute atomic E-state index is 0.154. The third-order valence-corrected chi connectivity index (χ3v) is 1.53. The van der Waals surface area contributed by atoms with Gasteiger partial charge in [-0.05, 0) is 5.56 Å². The Hall–Kier alpha value is -1.31. The van der Waals surface area contributed by atoms with Crippen molar-refractivity contribution in [2.24, 2.45) is 0 Å². The van der Waals surface area contributed by atoms with E-state index in [2.05, 4.69) is 0 Å². The van der Waals surface area contributed by atoms with Crippen LogP contribution in [-0.4, -0.2) is 5.97 Å². The molecule has 0 aliphatic rings. The normalized spacial score (nSPS) is 7.81. The predicted molar refractivity (Wildman–Crippen MR) is 69.2 cm³/mol. The van der Waals surface area contributed by atoms with E-state index in [-0.39, 0.29) is 5.97 Å². The fraction of sp³-hybridized carbons (Fsp3) is 0.500. The summed E-state index contributed by atoms with van der Waals surface area (Å²) in [4.78, 5) is 10.8. The quantitative estimate of drug-likeness (QED) is 0.719. The van der Waals surface area contributed by atoms with Crippen molar-refractivity contribution in [3.05, 3.63) is 35.9 Å². The molecular weight excluding hydrogens is 200 g/mol. The highest BCUT2D eigenvalue weighted by Crippen LogP contribution is 2.00. The van der Waals surface area contributed by atoms with Gasteiger partial charge in [0.25, 0.3) is 0 Å². The van der Waals surface area contributed by atoms with Crippen LogP contribution >= 0.6 is 0 Å². The first-order valence-corrected chi connectivity index (χ1v) is 6.02. The number of rotatable bonds is 3. The first-order chi connectivity index (χ1) is 7.83. The lowest BCUT2D eigenvalue weighted by Crippen LogP contribution is -2.01. The van der Waals surface area contributed by atoms with Crippen molar-refractivity contribution in [2.75, 3.05) is 0 Å². The number of carbonyl (C=O) groups is 1. The van der Waals surface area contributed by atoms with Crippen LogP contribution in [0.5, 0.6) is 0 Å². The molecule has 2 nitrogen and oxygen atoms in total. The van der Waals surface area contributed by atoms with Crippen LogP contribution < -0.4 is 0 Å². The molecule has 0 amide bonds. The Balaban J connectivity index is 0. The second-order valence-electron chi connectivity index (χ2n) is 2.50. The van der Waals surface area contributed by atoms with Gasteiger partial charge in [-0.15, -0.1) is 0 Å². The molecule has 0 radical (unpaired) electrons. The van der Waals surface area contributed by atoms with E-state index in [0.717, 1.165) is 5.56 Å². The summed E-state index contributed by atoms with van der Waals surface area (Å²) in [5.41, 5.74) is 1.03. The molecule has 1 aromatic carbocycles. The van der Waals surface area contributed by atoms with E-state index in [1.54, 1.807) is 6.92 Å². The molecule has 0 saturated heterocycles. The molecule has 0 spiro atoms. The van der Waals surface area contributed by atoms with Crippen molar-refractivity contribution >= 4 is 5.97 Å². The van der Waals surface area contributed by atoms with E-state index < -0.39 is 0 Å². The van der Waals surface area contributed by atoms with E-state index in [0.29, 0.717) is 13.0 Å². The number of hydrogen-bond acceptors (Lipinski definition) is 2. The second-order valence-corrected chi connectivity index (χ2v) is 2.50. The summed E-state index contributed by atoms with van der Waals surface area (Å²) in [5.74, 6) is -0.154. The zero-order valence-corrected chi connectivity index (χ0v) is 11.1. The van der Waals surface area contributed by atoms with Gasteiger partial charge in [-0.1, -0.05) is 65.0 Å². The molecule has 0 N–H and O–H groups in total. The predicted octanol–water partition coefficient (Wildman–Crippen LogP) is 4.19. The van der Waals surface area contributed by atoms with Crippen LogP contribution in [0.3, 0.4) is 0 Å². The van der Waals surface area contributed by atoms with Gasteiger partial charge in [-0.3, -0.25) is 4.79 Å². The molecule has 0 bridgehead atoms. The summed E-state index contributed by atoms with van der Waals surface area (Å²) in [7, 11) is 0. The Morgan fingerprint density at radius 3 is 2.00 bits per heavy atom. The maximum atomic E-state index is 10.8. The van der Waals surface area contributed by atoms with Crippen LogP contribution in [0.25, 0.3) is 0 Å². The van der Waals surface area contributed by atoms with Crippen LogP contribution in [0, 0.1) is 0 Å².